The molecule has 0 amide bonds. The maximum atomic E-state index is 16.9. The Balaban J connectivity index is 1.52. The molecule has 2 aromatic heterocycles. The fraction of sp³-hybridized carbons (Fsp3) is 0.769. The van der Waals surface area contributed by atoms with Crippen LogP contribution in [-0.2, 0) is 49.4 Å². The molecule has 0 aromatic carbocycles. The van der Waals surface area contributed by atoms with Crippen LogP contribution in [0.2, 0.25) is 0 Å². The number of carbonyl (C=O) groups excluding carboxylic acids is 4. The average molecular weight is 823 g/mol. The van der Waals surface area contributed by atoms with E-state index in [-0.39, 0.29) is 36.6 Å². The van der Waals surface area contributed by atoms with Crippen molar-refractivity contribution >= 4 is 52.2 Å². The molecule has 3 aliphatic heterocycles. The second-order valence-electron chi connectivity index (χ2n) is 16.7. The number of aromatic nitrogens is 4. The van der Waals surface area contributed by atoms with E-state index in [1.54, 1.807) is 45.5 Å². The Morgan fingerprint density at radius 3 is 2.40 bits per heavy atom. The van der Waals surface area contributed by atoms with Crippen molar-refractivity contribution in [3.8, 4) is 0 Å². The number of carbonyl (C=O) groups is 4. The number of nitrogens with two attached hydrogens (primary N) is 1. The summed E-state index contributed by atoms with van der Waals surface area (Å²) in [5.74, 6) is -6.66. The van der Waals surface area contributed by atoms with Crippen LogP contribution in [0.1, 0.15) is 74.7 Å². The van der Waals surface area contributed by atoms with Gasteiger partial charge in [-0.25, -0.2) is 24.1 Å². The predicted octanol–water partition coefficient (Wildman–Crippen LogP) is 3.16. The van der Waals surface area contributed by atoms with Gasteiger partial charge in [0.15, 0.2) is 29.1 Å². The Bertz CT molecular complexity index is 1820. The van der Waals surface area contributed by atoms with Crippen LogP contribution in [0, 0.1) is 23.7 Å². The second kappa shape index (κ2) is 17.1. The van der Waals surface area contributed by atoms with Crippen molar-refractivity contribution in [2.45, 2.75) is 140 Å². The normalized spacial score (nSPS) is 39.9. The average Bonchev–Trinajstić information content (AvgIpc) is 3.69. The van der Waals surface area contributed by atoms with Gasteiger partial charge in [0, 0.05) is 49.1 Å². The van der Waals surface area contributed by atoms with E-state index in [9.17, 15) is 24.3 Å². The van der Waals surface area contributed by atoms with Gasteiger partial charge in [0.1, 0.15) is 35.1 Å². The molecule has 0 aliphatic carbocycles. The molecule has 2 unspecified atom stereocenters. The minimum Gasteiger partial charge on any atom is -0.455 e. The highest BCUT2D eigenvalue weighted by molar-refractivity contribution is 8.00. The van der Waals surface area contributed by atoms with Crippen LogP contribution in [0.25, 0.3) is 11.2 Å². The quantitative estimate of drug-likeness (QED) is 0.275. The monoisotopic (exact) mass is 822 g/mol. The molecule has 0 bridgehead atoms. The molecule has 16 nitrogen and oxygen atoms in total. The van der Waals surface area contributed by atoms with Crippen molar-refractivity contribution in [1.29, 1.82) is 0 Å². The van der Waals surface area contributed by atoms with Gasteiger partial charge in [0.2, 0.25) is 0 Å². The topological polar surface area (TPSA) is 208 Å². The summed E-state index contributed by atoms with van der Waals surface area (Å²) >= 11 is 1.28. The molecule has 18 heteroatoms. The van der Waals surface area contributed by atoms with E-state index in [0.29, 0.717) is 29.9 Å². The van der Waals surface area contributed by atoms with Crippen molar-refractivity contribution in [2.24, 2.45) is 23.7 Å². The van der Waals surface area contributed by atoms with Crippen molar-refractivity contribution in [3.63, 3.8) is 0 Å². The SMILES string of the molecule is CC[C@H]1OC(=O)[C@@](C)(F)C(=O)[C@H](C)[C@@H](O[C@@H]2O[C@H](C)C[C@H](N(C)C)[C@H]2O)[C@](C)(OC)C[C@@H](C)C(=O)[C@H](C)C2C(SCCn3cnc4c(N)ncnc43)C(=O)O[C@@]21C. The number of alkyl halides is 1. The zero-order valence-electron chi connectivity index (χ0n) is 34.8. The largest absolute Gasteiger partial charge is 0.455 e. The number of imidazole rings is 1. The highest BCUT2D eigenvalue weighted by atomic mass is 32.2. The van der Waals surface area contributed by atoms with E-state index in [1.807, 2.05) is 25.9 Å². The smallest absolute Gasteiger partial charge is 0.351 e. The van der Waals surface area contributed by atoms with Gasteiger partial charge < -0.3 is 44.0 Å². The number of fused-ring (bicyclic) bond motifs is 2. The third-order valence-electron chi connectivity index (χ3n) is 12.4. The summed E-state index contributed by atoms with van der Waals surface area (Å²) in [6.07, 6.45) is -1.81. The Morgan fingerprint density at radius 2 is 1.77 bits per heavy atom. The number of ether oxygens (including phenoxy) is 5. The summed E-state index contributed by atoms with van der Waals surface area (Å²) in [4.78, 5) is 71.1. The molecule has 318 valence electrons. The van der Waals surface area contributed by atoms with Crippen LogP contribution in [0.4, 0.5) is 10.2 Å². The number of methoxy groups -OCH3 is 1. The van der Waals surface area contributed by atoms with Gasteiger partial charge in [-0.3, -0.25) is 14.4 Å². The number of Topliss-reactive ketones (excluding diaryl/α,β-unsaturated/α-hetero) is 2. The summed E-state index contributed by atoms with van der Waals surface area (Å²) in [5.41, 5.74) is 0.713. The van der Waals surface area contributed by atoms with E-state index in [0.717, 1.165) is 6.92 Å². The zero-order valence-corrected chi connectivity index (χ0v) is 35.6. The van der Waals surface area contributed by atoms with Crippen LogP contribution >= 0.6 is 11.8 Å². The molecule has 5 rings (SSSR count). The molecule has 3 fully saturated rings. The zero-order chi connectivity index (χ0) is 42.4. The summed E-state index contributed by atoms with van der Waals surface area (Å²) in [5, 5.41) is 10.5. The first-order valence-corrected chi connectivity index (χ1v) is 20.6. The minimum atomic E-state index is -3.19. The summed E-state index contributed by atoms with van der Waals surface area (Å²) in [6, 6.07) is -0.366. The highest BCUT2D eigenvalue weighted by Crippen LogP contribution is 2.49. The number of likely N-dealkylation sites (N-methyl/N-ethyl adjacent to an activating group) is 1. The van der Waals surface area contributed by atoms with Gasteiger partial charge >= 0.3 is 11.9 Å². The minimum absolute atomic E-state index is 0.0101. The molecule has 0 spiro atoms. The van der Waals surface area contributed by atoms with Gasteiger partial charge in [0.25, 0.3) is 5.67 Å². The Hall–Kier alpha value is -3.29. The number of esters is 2. The van der Waals surface area contributed by atoms with Gasteiger partial charge in [-0.15, -0.1) is 11.8 Å². The Morgan fingerprint density at radius 1 is 1.09 bits per heavy atom. The van der Waals surface area contributed by atoms with E-state index in [4.69, 9.17) is 29.4 Å². The number of nitrogen functional groups attached to an aromatic ring is 1. The first-order valence-electron chi connectivity index (χ1n) is 19.6. The number of ketones is 2. The van der Waals surface area contributed by atoms with Crippen molar-refractivity contribution < 1.29 is 52.4 Å². The predicted molar refractivity (Wildman–Crippen MR) is 208 cm³/mol. The van der Waals surface area contributed by atoms with Gasteiger partial charge in [-0.1, -0.05) is 27.7 Å². The number of rotatable bonds is 9. The first-order chi connectivity index (χ1) is 26.6. The fourth-order valence-electron chi connectivity index (χ4n) is 9.09. The van der Waals surface area contributed by atoms with Gasteiger partial charge in [-0.05, 0) is 61.1 Å². The number of thioether (sulfide) groups is 1. The molecule has 0 saturated carbocycles. The molecule has 0 radical (unpaired) electrons. The van der Waals surface area contributed by atoms with Crippen LogP contribution in [-0.4, -0.2) is 139 Å². The summed E-state index contributed by atoms with van der Waals surface area (Å²) in [6.45, 7) is 12.9. The lowest BCUT2D eigenvalue weighted by Crippen LogP contribution is -2.61. The second-order valence-corrected chi connectivity index (χ2v) is 17.9. The number of aliphatic hydroxyl groups excluding tert-OH is 1. The number of aryl methyl sites for hydroxylation is 1. The number of hydrogen-bond acceptors (Lipinski definition) is 16. The number of halogens is 1. The van der Waals surface area contributed by atoms with Gasteiger partial charge in [-0.2, -0.15) is 0 Å². The molecule has 3 saturated heterocycles. The van der Waals surface area contributed by atoms with Gasteiger partial charge in [0.05, 0.1) is 24.1 Å². The lowest BCUT2D eigenvalue weighted by molar-refractivity contribution is -0.295. The molecule has 3 aliphatic rings. The molecule has 2 aromatic rings. The number of cyclic esters (lactones) is 1. The number of hydrogen-bond donors (Lipinski definition) is 2. The summed E-state index contributed by atoms with van der Waals surface area (Å²) in [7, 11) is 5.03. The van der Waals surface area contributed by atoms with E-state index in [2.05, 4.69) is 15.0 Å². The standard InChI is InChI=1S/C39H59FN6O10S/c1-12-24-39(8)25(29(34(50)56-39)57-14-13-46-18-44-26-32(41)42-17-43-33(26)46)21(4)27(47)19(2)16-37(6,52-11)31(22(5)30(49)38(7,40)36(51)54-24)55-35-28(48)23(45(9)10)15-20(3)53-35/h17-25,28-29,31,35,48H,12-16H2,1-11H3,(H2,41,42,43)/t19-,20-,21-,22+,23+,24-,25?,28-,29?,31-,35+,37-,38+,39-/m1/s1. The third kappa shape index (κ3) is 8.44. The molecule has 3 N–H and O–H groups in total. The van der Waals surface area contributed by atoms with E-state index < -0.39 is 88.1 Å². The van der Waals surface area contributed by atoms with Crippen LogP contribution < -0.4 is 5.73 Å². The lowest BCUT2D eigenvalue weighted by Gasteiger charge is -2.47. The lowest BCUT2D eigenvalue weighted by atomic mass is 9.70. The molecular weight excluding hydrogens is 764 g/mol. The maximum absolute atomic E-state index is 16.9. The van der Waals surface area contributed by atoms with Crippen LogP contribution in [0.15, 0.2) is 12.7 Å². The number of anilines is 1. The van der Waals surface area contributed by atoms with Crippen LogP contribution in [0.3, 0.4) is 0 Å². The Kier molecular flexibility index (Phi) is 13.5. The molecule has 57 heavy (non-hydrogen) atoms. The van der Waals surface area contributed by atoms with E-state index >= 15 is 4.39 Å². The molecule has 14 atom stereocenters. The fourth-order valence-corrected chi connectivity index (χ4v) is 10.5. The number of aliphatic hydroxyl groups is 1. The molecule has 5 heterocycles. The van der Waals surface area contributed by atoms with Crippen LogP contribution in [0.5, 0.6) is 0 Å². The number of nitrogens with zero attached hydrogens (tertiary/aromatic N) is 5. The third-order valence-corrected chi connectivity index (χ3v) is 13.6. The first kappa shape index (κ1) is 44.8. The molecular formula is C39H59FN6O10S. The van der Waals surface area contributed by atoms with Crippen molar-refractivity contribution in [2.75, 3.05) is 32.7 Å². The van der Waals surface area contributed by atoms with Crippen molar-refractivity contribution in [1.82, 2.24) is 24.4 Å². The van der Waals surface area contributed by atoms with E-state index in [1.165, 1.54) is 32.1 Å². The Labute approximate surface area is 337 Å². The summed E-state index contributed by atoms with van der Waals surface area (Å²) < 4.78 is 49.2. The maximum Gasteiger partial charge on any atom is 0.351 e. The van der Waals surface area contributed by atoms with Crippen molar-refractivity contribution in [3.05, 3.63) is 12.7 Å². The highest BCUT2D eigenvalue weighted by Gasteiger charge is 2.62.